The average Bonchev–Trinajstić information content (AvgIpc) is 2.37. The molecule has 2 rings (SSSR count). The summed E-state index contributed by atoms with van der Waals surface area (Å²) in [6.45, 7) is 5.86. The van der Waals surface area contributed by atoms with E-state index in [9.17, 15) is 4.39 Å². The lowest BCUT2D eigenvalue weighted by Crippen LogP contribution is -2.22. The van der Waals surface area contributed by atoms with E-state index in [0.29, 0.717) is 5.82 Å². The van der Waals surface area contributed by atoms with Crippen molar-refractivity contribution in [1.82, 2.24) is 9.97 Å². The predicted molar refractivity (Wildman–Crippen MR) is 78.9 cm³/mol. The monoisotopic (exact) mass is 273 g/mol. The fourth-order valence-corrected chi connectivity index (χ4v) is 2.15. The van der Waals surface area contributed by atoms with Crippen LogP contribution in [0.1, 0.15) is 30.3 Å². The van der Waals surface area contributed by atoms with E-state index < -0.39 is 0 Å². The molecule has 0 fully saturated rings. The highest BCUT2D eigenvalue weighted by Gasteiger charge is 2.10. The van der Waals surface area contributed by atoms with Crippen molar-refractivity contribution in [2.24, 2.45) is 5.73 Å². The normalized spacial score (nSPS) is 12.4. The van der Waals surface area contributed by atoms with Gasteiger partial charge in [0, 0.05) is 29.4 Å². The van der Waals surface area contributed by atoms with Gasteiger partial charge in [-0.05, 0) is 50.1 Å². The highest BCUT2D eigenvalue weighted by atomic mass is 19.1. The Balaban J connectivity index is 2.41. The summed E-state index contributed by atoms with van der Waals surface area (Å²) in [5.41, 5.74) is 9.52. The molecule has 1 aromatic heterocycles. The number of hydrogen-bond acceptors (Lipinski definition) is 3. The maximum Gasteiger partial charge on any atom is 0.159 e. The quantitative estimate of drug-likeness (QED) is 0.930. The molecule has 0 amide bonds. The number of aryl methyl sites for hydroxylation is 2. The van der Waals surface area contributed by atoms with Crippen LogP contribution >= 0.6 is 0 Å². The van der Waals surface area contributed by atoms with Crippen LogP contribution in [-0.4, -0.2) is 16.0 Å². The van der Waals surface area contributed by atoms with Gasteiger partial charge in [-0.3, -0.25) is 0 Å². The van der Waals surface area contributed by atoms with Crippen LogP contribution in [0, 0.1) is 19.7 Å². The Kier molecular flexibility index (Phi) is 4.45. The summed E-state index contributed by atoms with van der Waals surface area (Å²) >= 11 is 0. The minimum Gasteiger partial charge on any atom is -0.327 e. The van der Waals surface area contributed by atoms with Crippen LogP contribution in [0.25, 0.3) is 11.4 Å². The van der Waals surface area contributed by atoms with Crippen molar-refractivity contribution in [2.45, 2.75) is 39.7 Å². The lowest BCUT2D eigenvalue weighted by Gasteiger charge is -2.11. The van der Waals surface area contributed by atoms with Crippen molar-refractivity contribution in [2.75, 3.05) is 0 Å². The second kappa shape index (κ2) is 6.09. The van der Waals surface area contributed by atoms with Crippen molar-refractivity contribution >= 4 is 0 Å². The Morgan fingerprint density at radius 3 is 2.60 bits per heavy atom. The van der Waals surface area contributed by atoms with Crippen molar-refractivity contribution in [1.29, 1.82) is 0 Å². The lowest BCUT2D eigenvalue weighted by atomic mass is 10.1. The molecule has 4 heteroatoms. The van der Waals surface area contributed by atoms with Crippen LogP contribution in [0.3, 0.4) is 0 Å². The van der Waals surface area contributed by atoms with Crippen LogP contribution in [0.2, 0.25) is 0 Å². The molecule has 1 atom stereocenters. The van der Waals surface area contributed by atoms with Gasteiger partial charge in [0.25, 0.3) is 0 Å². The standard InChI is InChI=1S/C16H20FN3/c1-4-13(18)9-14-8-11(3)19-16(20-14)15-6-5-12(17)7-10(15)2/h5-8,13H,4,9,18H2,1-3H3. The van der Waals surface area contributed by atoms with Crippen LogP contribution in [0.4, 0.5) is 4.39 Å². The van der Waals surface area contributed by atoms with E-state index in [1.165, 1.54) is 12.1 Å². The first kappa shape index (κ1) is 14.6. The zero-order chi connectivity index (χ0) is 14.7. The molecule has 20 heavy (non-hydrogen) atoms. The smallest absolute Gasteiger partial charge is 0.159 e. The van der Waals surface area contributed by atoms with Crippen molar-refractivity contribution in [3.05, 3.63) is 47.0 Å². The van der Waals surface area contributed by atoms with Crippen LogP contribution in [0.15, 0.2) is 24.3 Å². The molecule has 106 valence electrons. The summed E-state index contributed by atoms with van der Waals surface area (Å²) in [6.07, 6.45) is 1.64. The van der Waals surface area contributed by atoms with Gasteiger partial charge in [-0.1, -0.05) is 6.92 Å². The number of aromatic nitrogens is 2. The minimum absolute atomic E-state index is 0.103. The number of halogens is 1. The van der Waals surface area contributed by atoms with Crippen molar-refractivity contribution < 1.29 is 4.39 Å². The second-order valence-corrected chi connectivity index (χ2v) is 5.16. The van der Waals surface area contributed by atoms with Gasteiger partial charge in [0.2, 0.25) is 0 Å². The molecule has 0 aliphatic carbocycles. The Morgan fingerprint density at radius 2 is 1.95 bits per heavy atom. The number of hydrogen-bond donors (Lipinski definition) is 1. The first-order chi connectivity index (χ1) is 9.49. The second-order valence-electron chi connectivity index (χ2n) is 5.16. The highest BCUT2D eigenvalue weighted by molar-refractivity contribution is 5.60. The Bertz CT molecular complexity index is 611. The van der Waals surface area contributed by atoms with E-state index in [2.05, 4.69) is 16.9 Å². The number of nitrogens with two attached hydrogens (primary N) is 1. The summed E-state index contributed by atoms with van der Waals surface area (Å²) in [5, 5.41) is 0. The van der Waals surface area contributed by atoms with Crippen molar-refractivity contribution in [3.8, 4) is 11.4 Å². The summed E-state index contributed by atoms with van der Waals surface area (Å²) in [4.78, 5) is 9.02. The molecule has 0 saturated heterocycles. The number of rotatable bonds is 4. The molecular formula is C16H20FN3. The molecule has 0 aliphatic heterocycles. The molecule has 0 saturated carbocycles. The molecule has 1 unspecified atom stereocenters. The molecule has 0 aliphatic rings. The summed E-state index contributed by atoms with van der Waals surface area (Å²) < 4.78 is 13.2. The Morgan fingerprint density at radius 1 is 1.20 bits per heavy atom. The molecule has 2 N–H and O–H groups in total. The van der Waals surface area contributed by atoms with E-state index in [4.69, 9.17) is 5.73 Å². The van der Waals surface area contributed by atoms with E-state index in [0.717, 1.165) is 35.4 Å². The molecule has 0 radical (unpaired) electrons. The third-order valence-corrected chi connectivity index (χ3v) is 3.33. The van der Waals surface area contributed by atoms with Gasteiger partial charge in [-0.15, -0.1) is 0 Å². The van der Waals surface area contributed by atoms with Gasteiger partial charge in [0.1, 0.15) is 5.82 Å². The zero-order valence-electron chi connectivity index (χ0n) is 12.2. The van der Waals surface area contributed by atoms with E-state index in [-0.39, 0.29) is 11.9 Å². The van der Waals surface area contributed by atoms with Crippen LogP contribution in [0.5, 0.6) is 0 Å². The van der Waals surface area contributed by atoms with Gasteiger partial charge < -0.3 is 5.73 Å². The summed E-state index contributed by atoms with van der Waals surface area (Å²) in [6, 6.07) is 6.72. The van der Waals surface area contributed by atoms with Gasteiger partial charge in [0.15, 0.2) is 5.82 Å². The SMILES string of the molecule is CCC(N)Cc1cc(C)nc(-c2ccc(F)cc2C)n1. The first-order valence-corrected chi connectivity index (χ1v) is 6.86. The highest BCUT2D eigenvalue weighted by Crippen LogP contribution is 2.21. The van der Waals surface area contributed by atoms with Crippen LogP contribution in [-0.2, 0) is 6.42 Å². The lowest BCUT2D eigenvalue weighted by molar-refractivity contribution is 0.626. The average molecular weight is 273 g/mol. The summed E-state index contributed by atoms with van der Waals surface area (Å²) in [7, 11) is 0. The maximum atomic E-state index is 13.2. The Labute approximate surface area is 119 Å². The first-order valence-electron chi connectivity index (χ1n) is 6.86. The maximum absolute atomic E-state index is 13.2. The van der Waals surface area contributed by atoms with E-state index in [1.807, 2.05) is 19.9 Å². The fraction of sp³-hybridized carbons (Fsp3) is 0.375. The van der Waals surface area contributed by atoms with E-state index in [1.54, 1.807) is 6.07 Å². The van der Waals surface area contributed by atoms with Crippen LogP contribution < -0.4 is 5.73 Å². The molecule has 1 heterocycles. The molecule has 1 aromatic carbocycles. The number of benzene rings is 1. The third-order valence-electron chi connectivity index (χ3n) is 3.33. The topological polar surface area (TPSA) is 51.8 Å². The zero-order valence-corrected chi connectivity index (χ0v) is 12.2. The molecule has 0 spiro atoms. The third kappa shape index (κ3) is 3.39. The molecule has 3 nitrogen and oxygen atoms in total. The fourth-order valence-electron chi connectivity index (χ4n) is 2.15. The molecular weight excluding hydrogens is 253 g/mol. The van der Waals surface area contributed by atoms with Gasteiger partial charge >= 0.3 is 0 Å². The number of nitrogens with zero attached hydrogens (tertiary/aromatic N) is 2. The Hall–Kier alpha value is -1.81. The van der Waals surface area contributed by atoms with Gasteiger partial charge in [0.05, 0.1) is 0 Å². The van der Waals surface area contributed by atoms with E-state index >= 15 is 0 Å². The van der Waals surface area contributed by atoms with Gasteiger partial charge in [-0.2, -0.15) is 0 Å². The summed E-state index contributed by atoms with van der Waals surface area (Å²) in [5.74, 6) is 0.396. The van der Waals surface area contributed by atoms with Gasteiger partial charge in [-0.25, -0.2) is 14.4 Å². The minimum atomic E-state index is -0.243. The molecule has 2 aromatic rings. The van der Waals surface area contributed by atoms with Crippen molar-refractivity contribution in [3.63, 3.8) is 0 Å². The predicted octanol–water partition coefficient (Wildman–Crippen LogP) is 3.18. The molecule has 0 bridgehead atoms. The largest absolute Gasteiger partial charge is 0.327 e.